The molecular weight excluding hydrogens is 322 g/mol. The maximum absolute atomic E-state index is 13.1. The molecule has 0 saturated carbocycles. The normalized spacial score (nSPS) is 19.2. The van der Waals surface area contributed by atoms with Crippen molar-refractivity contribution < 1.29 is 4.79 Å². The second-order valence-corrected chi connectivity index (χ2v) is 6.82. The molecule has 1 amide bonds. The van der Waals surface area contributed by atoms with Gasteiger partial charge >= 0.3 is 0 Å². The first-order chi connectivity index (χ1) is 12.7. The van der Waals surface area contributed by atoms with Gasteiger partial charge in [-0.1, -0.05) is 48.5 Å². The van der Waals surface area contributed by atoms with Crippen molar-refractivity contribution in [1.29, 1.82) is 0 Å². The molecule has 132 valence electrons. The zero-order valence-electron chi connectivity index (χ0n) is 15.1. The van der Waals surface area contributed by atoms with Crippen LogP contribution in [0.3, 0.4) is 0 Å². The summed E-state index contributed by atoms with van der Waals surface area (Å²) in [6, 6.07) is 18.1. The van der Waals surface area contributed by atoms with E-state index < -0.39 is 0 Å². The van der Waals surface area contributed by atoms with Crippen molar-refractivity contribution in [2.75, 3.05) is 25.0 Å². The molecule has 0 unspecified atom stereocenters. The molecule has 1 fully saturated rings. The van der Waals surface area contributed by atoms with Crippen molar-refractivity contribution in [2.24, 2.45) is 4.99 Å². The van der Waals surface area contributed by atoms with Crippen LogP contribution in [0.4, 0.5) is 5.69 Å². The van der Waals surface area contributed by atoms with Crippen LogP contribution in [-0.4, -0.2) is 36.7 Å². The van der Waals surface area contributed by atoms with Gasteiger partial charge in [0.15, 0.2) is 0 Å². The minimum atomic E-state index is -0.0612. The standard InChI is InChI=1S/C22H23N3O/c1-24-20-13-7-6-12-18(20)21(17-10-4-2-5-11-17)23-19(22(24)26)16-25-14-8-3-9-15-25/h2,4-7,10-13,16H,3,8-9,14-15H2,1H3/b19-16+. The molecule has 4 nitrogen and oxygen atoms in total. The smallest absolute Gasteiger partial charge is 0.278 e. The molecule has 0 radical (unpaired) electrons. The van der Waals surface area contributed by atoms with Gasteiger partial charge in [0.2, 0.25) is 0 Å². The van der Waals surface area contributed by atoms with E-state index in [-0.39, 0.29) is 5.91 Å². The number of benzodiazepines with no additional fused rings is 1. The Labute approximate surface area is 154 Å². The van der Waals surface area contributed by atoms with Gasteiger partial charge in [-0.25, -0.2) is 4.99 Å². The molecular formula is C22H23N3O. The molecule has 0 aliphatic carbocycles. The van der Waals surface area contributed by atoms with Gasteiger partial charge in [-0.3, -0.25) is 4.79 Å². The number of para-hydroxylation sites is 1. The highest BCUT2D eigenvalue weighted by atomic mass is 16.2. The number of likely N-dealkylation sites (tertiary alicyclic amines) is 1. The summed E-state index contributed by atoms with van der Waals surface area (Å²) in [5.74, 6) is -0.0612. The number of anilines is 1. The van der Waals surface area contributed by atoms with Gasteiger partial charge in [-0.05, 0) is 25.3 Å². The second-order valence-electron chi connectivity index (χ2n) is 6.82. The van der Waals surface area contributed by atoms with Crippen molar-refractivity contribution in [3.05, 3.63) is 77.6 Å². The van der Waals surface area contributed by atoms with Crippen LogP contribution < -0.4 is 4.90 Å². The van der Waals surface area contributed by atoms with Crippen LogP contribution in [0.2, 0.25) is 0 Å². The van der Waals surface area contributed by atoms with Crippen molar-refractivity contribution in [2.45, 2.75) is 19.3 Å². The molecule has 0 atom stereocenters. The number of carbonyl (C=O) groups excluding carboxylic acids is 1. The van der Waals surface area contributed by atoms with E-state index in [1.165, 1.54) is 19.3 Å². The third-order valence-corrected chi connectivity index (χ3v) is 5.02. The lowest BCUT2D eigenvalue weighted by molar-refractivity contribution is -0.114. The van der Waals surface area contributed by atoms with E-state index in [1.807, 2.05) is 67.8 Å². The van der Waals surface area contributed by atoms with Gasteiger partial charge in [0.25, 0.3) is 5.91 Å². The van der Waals surface area contributed by atoms with Crippen molar-refractivity contribution in [1.82, 2.24) is 4.90 Å². The lowest BCUT2D eigenvalue weighted by Gasteiger charge is -2.25. The predicted molar refractivity (Wildman–Crippen MR) is 105 cm³/mol. The Morgan fingerprint density at radius 2 is 1.62 bits per heavy atom. The third-order valence-electron chi connectivity index (χ3n) is 5.02. The van der Waals surface area contributed by atoms with Gasteiger partial charge in [0.05, 0.1) is 11.4 Å². The third kappa shape index (κ3) is 3.15. The second kappa shape index (κ2) is 7.16. The lowest BCUT2D eigenvalue weighted by Crippen LogP contribution is -2.30. The van der Waals surface area contributed by atoms with Crippen molar-refractivity contribution in [3.63, 3.8) is 0 Å². The summed E-state index contributed by atoms with van der Waals surface area (Å²) >= 11 is 0. The van der Waals surface area contributed by atoms with Crippen LogP contribution in [0.25, 0.3) is 0 Å². The van der Waals surface area contributed by atoms with E-state index in [2.05, 4.69) is 4.90 Å². The monoisotopic (exact) mass is 345 g/mol. The zero-order valence-corrected chi connectivity index (χ0v) is 15.1. The van der Waals surface area contributed by atoms with Gasteiger partial charge in [-0.15, -0.1) is 0 Å². The Hall–Kier alpha value is -2.88. The fourth-order valence-electron chi connectivity index (χ4n) is 3.60. The fraction of sp³-hybridized carbons (Fsp3) is 0.273. The molecule has 2 heterocycles. The predicted octanol–water partition coefficient (Wildman–Crippen LogP) is 3.83. The number of piperidine rings is 1. The topological polar surface area (TPSA) is 35.9 Å². The first kappa shape index (κ1) is 16.6. The first-order valence-corrected chi connectivity index (χ1v) is 9.21. The highest BCUT2D eigenvalue weighted by molar-refractivity contribution is 6.22. The number of carbonyl (C=O) groups is 1. The molecule has 2 aliphatic rings. The molecule has 0 aromatic heterocycles. The van der Waals surface area contributed by atoms with E-state index in [0.29, 0.717) is 5.70 Å². The summed E-state index contributed by atoms with van der Waals surface area (Å²) in [6.45, 7) is 1.98. The van der Waals surface area contributed by atoms with Crippen molar-refractivity contribution in [3.8, 4) is 0 Å². The Bertz CT molecular complexity index is 864. The van der Waals surface area contributed by atoms with Crippen molar-refractivity contribution >= 4 is 17.3 Å². The summed E-state index contributed by atoms with van der Waals surface area (Å²) in [4.78, 5) is 21.9. The van der Waals surface area contributed by atoms with Crippen LogP contribution in [0, 0.1) is 0 Å². The summed E-state index contributed by atoms with van der Waals surface area (Å²) in [6.07, 6.45) is 5.55. The summed E-state index contributed by atoms with van der Waals surface area (Å²) in [7, 11) is 1.83. The summed E-state index contributed by atoms with van der Waals surface area (Å²) in [5, 5.41) is 0. The largest absolute Gasteiger partial charge is 0.375 e. The minimum absolute atomic E-state index is 0.0612. The Balaban J connectivity index is 1.86. The van der Waals surface area contributed by atoms with Crippen LogP contribution in [-0.2, 0) is 4.79 Å². The van der Waals surface area contributed by atoms with E-state index in [4.69, 9.17) is 4.99 Å². The summed E-state index contributed by atoms with van der Waals surface area (Å²) in [5.41, 5.74) is 4.25. The zero-order chi connectivity index (χ0) is 17.9. The van der Waals surface area contributed by atoms with E-state index >= 15 is 0 Å². The van der Waals surface area contributed by atoms with E-state index in [0.717, 1.165) is 35.6 Å². The minimum Gasteiger partial charge on any atom is -0.375 e. The van der Waals surface area contributed by atoms with Crippen LogP contribution in [0.15, 0.2) is 71.5 Å². The molecule has 26 heavy (non-hydrogen) atoms. The maximum atomic E-state index is 13.1. The SMILES string of the molecule is CN1C(=O)/C(=C\N2CCCCC2)N=C(c2ccccc2)c2ccccc21. The van der Waals surface area contributed by atoms with Crippen LogP contribution in [0.1, 0.15) is 30.4 Å². The number of amides is 1. The molecule has 0 spiro atoms. The number of benzene rings is 2. The quantitative estimate of drug-likeness (QED) is 0.776. The molecule has 4 heteroatoms. The average molecular weight is 345 g/mol. The first-order valence-electron chi connectivity index (χ1n) is 9.21. The number of likely N-dealkylation sites (N-methyl/N-ethyl adjacent to an activating group) is 1. The Morgan fingerprint density at radius 3 is 2.38 bits per heavy atom. The van der Waals surface area contributed by atoms with E-state index in [1.54, 1.807) is 4.90 Å². The summed E-state index contributed by atoms with van der Waals surface area (Å²) < 4.78 is 0. The molecule has 0 N–H and O–H groups in total. The average Bonchev–Trinajstić information content (AvgIpc) is 2.80. The molecule has 2 aliphatic heterocycles. The number of aliphatic imine (C=N–C) groups is 1. The van der Waals surface area contributed by atoms with Gasteiger partial charge < -0.3 is 9.80 Å². The highest BCUT2D eigenvalue weighted by Crippen LogP contribution is 2.29. The highest BCUT2D eigenvalue weighted by Gasteiger charge is 2.26. The fourth-order valence-corrected chi connectivity index (χ4v) is 3.60. The molecule has 2 aromatic carbocycles. The molecule has 2 aromatic rings. The molecule has 4 rings (SSSR count). The molecule has 0 bridgehead atoms. The van der Waals surface area contributed by atoms with Gasteiger partial charge in [0, 0.05) is 37.5 Å². The number of hydrogen-bond acceptors (Lipinski definition) is 3. The number of fused-ring (bicyclic) bond motifs is 1. The number of hydrogen-bond donors (Lipinski definition) is 0. The van der Waals surface area contributed by atoms with E-state index in [9.17, 15) is 4.79 Å². The van der Waals surface area contributed by atoms with Gasteiger partial charge in [0.1, 0.15) is 5.70 Å². The molecule has 1 saturated heterocycles. The Morgan fingerprint density at radius 1 is 0.923 bits per heavy atom. The van der Waals surface area contributed by atoms with Gasteiger partial charge in [-0.2, -0.15) is 0 Å². The maximum Gasteiger partial charge on any atom is 0.278 e. The number of rotatable bonds is 2. The van der Waals surface area contributed by atoms with Crippen LogP contribution >= 0.6 is 0 Å². The number of nitrogens with zero attached hydrogens (tertiary/aromatic N) is 3. The lowest BCUT2D eigenvalue weighted by atomic mass is 10.0. The Kier molecular flexibility index (Phi) is 4.57. The van der Waals surface area contributed by atoms with Crippen LogP contribution in [0.5, 0.6) is 0 Å².